The first-order valence-corrected chi connectivity index (χ1v) is 12.5. The van der Waals surface area contributed by atoms with Crippen LogP contribution in [0.5, 0.6) is 0 Å². The summed E-state index contributed by atoms with van der Waals surface area (Å²) in [6.07, 6.45) is 0.982. The Morgan fingerprint density at radius 3 is 2.13 bits per heavy atom. The predicted molar refractivity (Wildman–Crippen MR) is 127 cm³/mol. The second-order valence-corrected chi connectivity index (χ2v) is 10.5. The van der Waals surface area contributed by atoms with Crippen molar-refractivity contribution in [3.05, 3.63) is 62.5 Å². The fourth-order valence-electron chi connectivity index (χ4n) is 2.87. The van der Waals surface area contributed by atoms with Gasteiger partial charge in [-0.3, -0.25) is 13.9 Å². The summed E-state index contributed by atoms with van der Waals surface area (Å²) in [4.78, 5) is 26.8. The first kappa shape index (κ1) is 25.5. The van der Waals surface area contributed by atoms with E-state index in [-0.39, 0.29) is 28.2 Å². The van der Waals surface area contributed by atoms with Gasteiger partial charge >= 0.3 is 0 Å². The number of amides is 2. The highest BCUT2D eigenvalue weighted by Crippen LogP contribution is 2.27. The summed E-state index contributed by atoms with van der Waals surface area (Å²) in [6, 6.07) is 10.7. The molecule has 31 heavy (non-hydrogen) atoms. The molecule has 7 nitrogen and oxygen atoms in total. The molecule has 1 N–H and O–H groups in total. The second kappa shape index (κ2) is 10.7. The zero-order valence-electron chi connectivity index (χ0n) is 17.1. The molecule has 0 bridgehead atoms. The summed E-state index contributed by atoms with van der Waals surface area (Å²) >= 11 is 15.4. The Kier molecular flexibility index (Phi) is 8.76. The molecule has 2 aromatic rings. The Morgan fingerprint density at radius 1 is 1.10 bits per heavy atom. The summed E-state index contributed by atoms with van der Waals surface area (Å²) in [7, 11) is -2.38. The van der Waals surface area contributed by atoms with Gasteiger partial charge in [-0.25, -0.2) is 8.42 Å². The van der Waals surface area contributed by atoms with Crippen LogP contribution in [-0.4, -0.2) is 51.0 Å². The van der Waals surface area contributed by atoms with Crippen LogP contribution in [0.1, 0.15) is 12.5 Å². The Labute approximate surface area is 200 Å². The van der Waals surface area contributed by atoms with E-state index >= 15 is 0 Å². The molecule has 11 heteroatoms. The summed E-state index contributed by atoms with van der Waals surface area (Å²) in [5.74, 6) is -0.928. The van der Waals surface area contributed by atoms with Gasteiger partial charge in [-0.2, -0.15) is 0 Å². The van der Waals surface area contributed by atoms with Gasteiger partial charge in [0.15, 0.2) is 0 Å². The number of nitrogens with one attached hydrogen (secondary N) is 1. The van der Waals surface area contributed by atoms with Gasteiger partial charge in [0.1, 0.15) is 12.6 Å². The monoisotopic (exact) mass is 549 g/mol. The molecular weight excluding hydrogens is 529 g/mol. The van der Waals surface area contributed by atoms with Crippen LogP contribution < -0.4 is 9.62 Å². The van der Waals surface area contributed by atoms with E-state index in [0.717, 1.165) is 20.6 Å². The molecule has 0 aliphatic heterocycles. The number of carbonyl (C=O) groups excluding carboxylic acids is 2. The number of nitrogens with zero attached hydrogens (tertiary/aromatic N) is 2. The molecule has 2 aromatic carbocycles. The number of carbonyl (C=O) groups is 2. The normalized spacial score (nSPS) is 12.2. The lowest BCUT2D eigenvalue weighted by Gasteiger charge is -2.31. The Bertz CT molecular complexity index is 1040. The van der Waals surface area contributed by atoms with Crippen molar-refractivity contribution in [1.29, 1.82) is 0 Å². The van der Waals surface area contributed by atoms with E-state index in [1.54, 1.807) is 6.92 Å². The van der Waals surface area contributed by atoms with Crippen LogP contribution in [0, 0.1) is 0 Å². The smallest absolute Gasteiger partial charge is 0.244 e. The lowest BCUT2D eigenvalue weighted by molar-refractivity contribution is -0.139. The molecule has 0 aromatic heterocycles. The van der Waals surface area contributed by atoms with Gasteiger partial charge in [0.25, 0.3) is 0 Å². The van der Waals surface area contributed by atoms with E-state index in [0.29, 0.717) is 0 Å². The van der Waals surface area contributed by atoms with Crippen molar-refractivity contribution in [2.45, 2.75) is 19.5 Å². The van der Waals surface area contributed by atoms with Crippen LogP contribution in [0.3, 0.4) is 0 Å². The topological polar surface area (TPSA) is 86.8 Å². The molecule has 0 saturated heterocycles. The van der Waals surface area contributed by atoms with Crippen molar-refractivity contribution < 1.29 is 18.0 Å². The second-order valence-electron chi connectivity index (χ2n) is 6.84. The first-order valence-electron chi connectivity index (χ1n) is 9.11. The number of hydrogen-bond donors (Lipinski definition) is 1. The third kappa shape index (κ3) is 7.10. The van der Waals surface area contributed by atoms with Gasteiger partial charge < -0.3 is 10.2 Å². The van der Waals surface area contributed by atoms with Crippen LogP contribution in [0.15, 0.2) is 46.9 Å². The molecule has 0 unspecified atom stereocenters. The number of likely N-dealkylation sites (N-methyl/N-ethyl adjacent to an activating group) is 1. The minimum Gasteiger partial charge on any atom is -0.357 e. The van der Waals surface area contributed by atoms with Crippen LogP contribution in [0.2, 0.25) is 10.0 Å². The lowest BCUT2D eigenvalue weighted by Crippen LogP contribution is -2.50. The summed E-state index contributed by atoms with van der Waals surface area (Å²) in [5, 5.41) is 2.98. The van der Waals surface area contributed by atoms with Crippen LogP contribution in [-0.2, 0) is 26.2 Å². The van der Waals surface area contributed by atoms with Gasteiger partial charge in [-0.1, -0.05) is 51.3 Å². The van der Waals surface area contributed by atoms with E-state index in [1.165, 1.54) is 30.1 Å². The summed E-state index contributed by atoms with van der Waals surface area (Å²) in [6.45, 7) is 1.18. The highest BCUT2D eigenvalue weighted by molar-refractivity contribution is 9.10. The fraction of sp³-hybridized carbons (Fsp3) is 0.300. The number of hydrogen-bond acceptors (Lipinski definition) is 4. The van der Waals surface area contributed by atoms with E-state index in [1.807, 2.05) is 24.3 Å². The van der Waals surface area contributed by atoms with E-state index in [9.17, 15) is 18.0 Å². The van der Waals surface area contributed by atoms with E-state index < -0.39 is 28.5 Å². The number of rotatable bonds is 8. The fourth-order valence-corrected chi connectivity index (χ4v) is 4.49. The van der Waals surface area contributed by atoms with Crippen molar-refractivity contribution >= 4 is 66.7 Å². The molecule has 0 heterocycles. The maximum absolute atomic E-state index is 13.2. The zero-order chi connectivity index (χ0) is 23.3. The average molecular weight is 551 g/mol. The lowest BCUT2D eigenvalue weighted by atomic mass is 10.1. The Hall–Kier alpha value is -1.81. The van der Waals surface area contributed by atoms with Crippen molar-refractivity contribution in [2.24, 2.45) is 0 Å². The Morgan fingerprint density at radius 2 is 1.65 bits per heavy atom. The molecule has 0 spiro atoms. The summed E-state index contributed by atoms with van der Waals surface area (Å²) in [5.41, 5.74) is 0.938. The van der Waals surface area contributed by atoms with Crippen molar-refractivity contribution in [3.8, 4) is 0 Å². The Balaban J connectivity index is 2.40. The minimum atomic E-state index is -3.85. The molecule has 168 valence electrons. The summed E-state index contributed by atoms with van der Waals surface area (Å²) < 4.78 is 26.7. The van der Waals surface area contributed by atoms with Gasteiger partial charge in [0.2, 0.25) is 21.8 Å². The maximum atomic E-state index is 13.2. The predicted octanol–water partition coefficient (Wildman–Crippen LogP) is 3.69. The average Bonchev–Trinajstić information content (AvgIpc) is 2.68. The number of halogens is 3. The minimum absolute atomic E-state index is 0.120. The number of benzene rings is 2. The number of anilines is 1. The largest absolute Gasteiger partial charge is 0.357 e. The number of sulfonamides is 1. The maximum Gasteiger partial charge on any atom is 0.244 e. The van der Waals surface area contributed by atoms with Crippen LogP contribution >= 0.6 is 39.1 Å². The molecule has 1 atom stereocenters. The van der Waals surface area contributed by atoms with E-state index in [4.69, 9.17) is 23.2 Å². The zero-order valence-corrected chi connectivity index (χ0v) is 21.0. The molecule has 0 radical (unpaired) electrons. The molecule has 2 rings (SSSR count). The van der Waals surface area contributed by atoms with Crippen molar-refractivity contribution in [1.82, 2.24) is 10.2 Å². The van der Waals surface area contributed by atoms with Crippen LogP contribution in [0.4, 0.5) is 5.69 Å². The van der Waals surface area contributed by atoms with Crippen molar-refractivity contribution in [2.75, 3.05) is 24.2 Å². The standard InChI is InChI=1S/C20H22BrCl2N3O4S/c1-13(20(28)24-2)25(11-14-4-6-15(21)7-5-14)19(27)12-26(31(3,29)30)18-9-16(22)8-17(23)10-18/h4-10,13H,11-12H2,1-3H3,(H,24,28)/t13-/m0/s1. The molecular formula is C20H22BrCl2N3O4S. The van der Waals surface area contributed by atoms with Gasteiger partial charge in [-0.15, -0.1) is 0 Å². The molecule has 2 amide bonds. The molecule has 0 aliphatic carbocycles. The SMILES string of the molecule is CNC(=O)[C@H](C)N(Cc1ccc(Br)cc1)C(=O)CN(c1cc(Cl)cc(Cl)c1)S(C)(=O)=O. The molecule has 0 aliphatic rings. The molecule has 0 fully saturated rings. The van der Waals surface area contributed by atoms with E-state index in [2.05, 4.69) is 21.2 Å². The first-order chi connectivity index (χ1) is 14.4. The third-order valence-electron chi connectivity index (χ3n) is 4.49. The third-order valence-corrected chi connectivity index (χ3v) is 6.60. The molecule has 0 saturated carbocycles. The highest BCUT2D eigenvalue weighted by Gasteiger charge is 2.29. The van der Waals surface area contributed by atoms with Gasteiger partial charge in [0.05, 0.1) is 11.9 Å². The van der Waals surface area contributed by atoms with Gasteiger partial charge in [0, 0.05) is 28.1 Å². The quantitative estimate of drug-likeness (QED) is 0.543. The van der Waals surface area contributed by atoms with Crippen LogP contribution in [0.25, 0.3) is 0 Å². The highest BCUT2D eigenvalue weighted by atomic mass is 79.9. The van der Waals surface area contributed by atoms with Gasteiger partial charge in [-0.05, 0) is 42.8 Å². The van der Waals surface area contributed by atoms with Crippen molar-refractivity contribution in [3.63, 3.8) is 0 Å².